The molecule has 0 aromatic heterocycles. The molecule has 0 saturated carbocycles. The molecule has 0 spiro atoms. The maximum Gasteiger partial charge on any atom is 0.253 e. The Bertz CT molecular complexity index is 1300. The van der Waals surface area contributed by atoms with Gasteiger partial charge in [-0.05, 0) is 51.3 Å². The molecule has 0 amide bonds. The van der Waals surface area contributed by atoms with Gasteiger partial charge in [-0.3, -0.25) is 9.59 Å². The first-order valence-corrected chi connectivity index (χ1v) is 14.7. The van der Waals surface area contributed by atoms with Crippen LogP contribution in [0.15, 0.2) is 26.6 Å². The minimum Gasteiger partial charge on any atom is -0.504 e. The maximum absolute atomic E-state index is 13.4. The molecule has 0 aliphatic carbocycles. The lowest BCUT2D eigenvalue weighted by Crippen LogP contribution is -2.48. The summed E-state index contributed by atoms with van der Waals surface area (Å²) in [5.74, 6) is -0.595. The first kappa shape index (κ1) is 27.8. The molecule has 204 valence electrons. The third-order valence-electron chi connectivity index (χ3n) is 7.21. The molecule has 1 unspecified atom stereocenters. The highest BCUT2D eigenvalue weighted by Gasteiger charge is 2.35. The van der Waals surface area contributed by atoms with Crippen molar-refractivity contribution in [2.75, 3.05) is 43.4 Å². The van der Waals surface area contributed by atoms with Crippen LogP contribution in [0, 0.1) is 0 Å². The Kier molecular flexibility index (Phi) is 8.49. The topological polar surface area (TPSA) is 128 Å². The van der Waals surface area contributed by atoms with Gasteiger partial charge in [-0.2, -0.15) is 4.31 Å². The van der Waals surface area contributed by atoms with Gasteiger partial charge in [-0.25, -0.2) is 8.42 Å². The molecule has 2 aliphatic rings. The highest BCUT2D eigenvalue weighted by atomic mass is 35.5. The Morgan fingerprint density at radius 3 is 2.38 bits per heavy atom. The number of nitrogens with zero attached hydrogens (tertiary/aromatic N) is 2. The fourth-order valence-corrected chi connectivity index (χ4v) is 7.10. The predicted octanol–water partition coefficient (Wildman–Crippen LogP) is 2.86. The number of halogens is 1. The van der Waals surface area contributed by atoms with Crippen molar-refractivity contribution in [3.05, 3.63) is 37.6 Å². The van der Waals surface area contributed by atoms with Crippen molar-refractivity contribution in [3.63, 3.8) is 0 Å². The quantitative estimate of drug-likeness (QED) is 0.300. The number of phenols is 1. The van der Waals surface area contributed by atoms with E-state index in [1.165, 1.54) is 16.4 Å². The lowest BCUT2D eigenvalue weighted by molar-refractivity contribution is 0.0438. The number of hydrogen-bond acceptors (Lipinski definition) is 9. The summed E-state index contributed by atoms with van der Waals surface area (Å²) in [6.45, 7) is 8.66. The first-order valence-electron chi connectivity index (χ1n) is 12.8. The third kappa shape index (κ3) is 5.51. The minimum absolute atomic E-state index is 0.0244. The van der Waals surface area contributed by atoms with E-state index in [2.05, 4.69) is 22.5 Å². The molecule has 2 aromatic rings. The van der Waals surface area contributed by atoms with Crippen LogP contribution in [0.3, 0.4) is 0 Å². The highest BCUT2D eigenvalue weighted by molar-refractivity contribution is 7.89. The smallest absolute Gasteiger partial charge is 0.253 e. The normalized spacial score (nSPS) is 22.4. The lowest BCUT2D eigenvalue weighted by atomic mass is 10.0. The van der Waals surface area contributed by atoms with Gasteiger partial charge in [0.25, 0.3) is 10.9 Å². The summed E-state index contributed by atoms with van der Waals surface area (Å²) in [4.78, 5) is 26.6. The molecule has 10 nitrogen and oxygen atoms in total. The summed E-state index contributed by atoms with van der Waals surface area (Å²) in [7, 11) is -4.10. The number of anilines is 3. The standard InChI is InChI=1S/C25H35ClN4O6S/c1-4-10-29-11-13-30(14-12-29)37(34,35)25-16(26)7-8-18(22(25)31)28-21-20(23(32)24(21)33)27-17(5-2)19-9-6-15(3)36-19/h7-8,15,17,19,27-28,31H,4-6,9-14H2,1-3H3/t15-,17-,19?/m1/s1. The number of rotatable bonds is 10. The van der Waals surface area contributed by atoms with Crippen LogP contribution >= 0.6 is 11.6 Å². The summed E-state index contributed by atoms with van der Waals surface area (Å²) >= 11 is 6.26. The molecule has 2 aliphatic heterocycles. The van der Waals surface area contributed by atoms with Gasteiger partial charge < -0.3 is 25.4 Å². The Labute approximate surface area is 222 Å². The molecule has 0 radical (unpaired) electrons. The minimum atomic E-state index is -4.10. The Morgan fingerprint density at radius 2 is 1.78 bits per heavy atom. The second-order valence-corrected chi connectivity index (χ2v) is 12.1. The van der Waals surface area contributed by atoms with Crippen LogP contribution in [-0.4, -0.2) is 73.7 Å². The average Bonchev–Trinajstić information content (AvgIpc) is 3.31. The second-order valence-electron chi connectivity index (χ2n) is 9.77. The third-order valence-corrected chi connectivity index (χ3v) is 9.61. The molecule has 2 fully saturated rings. The van der Waals surface area contributed by atoms with Gasteiger partial charge in [0.15, 0.2) is 5.75 Å². The van der Waals surface area contributed by atoms with Crippen LogP contribution in [0.1, 0.15) is 46.5 Å². The second kappa shape index (κ2) is 11.3. The van der Waals surface area contributed by atoms with Crippen LogP contribution in [0.25, 0.3) is 0 Å². The van der Waals surface area contributed by atoms with E-state index < -0.39 is 31.5 Å². The van der Waals surface area contributed by atoms with Crippen molar-refractivity contribution in [2.45, 2.75) is 69.6 Å². The molecule has 2 aromatic carbocycles. The van der Waals surface area contributed by atoms with Crippen LogP contribution in [0.4, 0.5) is 17.1 Å². The van der Waals surface area contributed by atoms with E-state index in [1.54, 1.807) is 0 Å². The monoisotopic (exact) mass is 554 g/mol. The molecule has 3 atom stereocenters. The van der Waals surface area contributed by atoms with Crippen molar-refractivity contribution in [1.82, 2.24) is 9.21 Å². The summed E-state index contributed by atoms with van der Waals surface area (Å²) in [6, 6.07) is 2.57. The molecule has 0 bridgehead atoms. The van der Waals surface area contributed by atoms with Crippen molar-refractivity contribution in [2.24, 2.45) is 0 Å². The molecular formula is C25H35ClN4O6S. The zero-order valence-electron chi connectivity index (χ0n) is 21.4. The molecule has 37 heavy (non-hydrogen) atoms. The number of nitrogens with one attached hydrogen (secondary N) is 2. The van der Waals surface area contributed by atoms with Gasteiger partial charge in [0.1, 0.15) is 16.3 Å². The zero-order valence-corrected chi connectivity index (χ0v) is 23.0. The zero-order chi connectivity index (χ0) is 26.9. The lowest BCUT2D eigenvalue weighted by Gasteiger charge is -2.34. The molecule has 2 heterocycles. The van der Waals surface area contributed by atoms with Gasteiger partial charge in [0.2, 0.25) is 10.0 Å². The molecule has 2 saturated heterocycles. The Morgan fingerprint density at radius 1 is 1.11 bits per heavy atom. The summed E-state index contributed by atoms with van der Waals surface area (Å²) in [5, 5.41) is 16.8. The predicted molar refractivity (Wildman–Crippen MR) is 145 cm³/mol. The van der Waals surface area contributed by atoms with Crippen LogP contribution in [-0.2, 0) is 14.8 Å². The number of hydrogen-bond donors (Lipinski definition) is 3. The van der Waals surface area contributed by atoms with Gasteiger partial charge in [-0.1, -0.05) is 25.4 Å². The van der Waals surface area contributed by atoms with Crippen LogP contribution in [0.2, 0.25) is 5.02 Å². The van der Waals surface area contributed by atoms with E-state index >= 15 is 0 Å². The van der Waals surface area contributed by atoms with Crippen molar-refractivity contribution < 1.29 is 18.3 Å². The fraction of sp³-hybridized carbons (Fsp3) is 0.600. The van der Waals surface area contributed by atoms with Gasteiger partial charge in [-0.15, -0.1) is 0 Å². The number of benzene rings is 1. The summed E-state index contributed by atoms with van der Waals surface area (Å²) in [5.41, 5.74) is -1.36. The van der Waals surface area contributed by atoms with Gasteiger partial charge in [0.05, 0.1) is 29.0 Å². The molecular weight excluding hydrogens is 520 g/mol. The van der Waals surface area contributed by atoms with Crippen molar-refractivity contribution in [3.8, 4) is 5.75 Å². The van der Waals surface area contributed by atoms with E-state index in [0.29, 0.717) is 19.5 Å². The largest absolute Gasteiger partial charge is 0.504 e. The molecule has 3 N–H and O–H groups in total. The molecule has 4 rings (SSSR count). The van der Waals surface area contributed by atoms with Gasteiger partial charge >= 0.3 is 0 Å². The Balaban J connectivity index is 1.57. The highest BCUT2D eigenvalue weighted by Crippen LogP contribution is 2.40. The number of sulfonamides is 1. The number of ether oxygens (including phenoxy) is 1. The Hall–Kier alpha value is -2.18. The molecule has 12 heteroatoms. The average molecular weight is 555 g/mol. The van der Waals surface area contributed by atoms with Crippen LogP contribution < -0.4 is 21.5 Å². The fourth-order valence-electron chi connectivity index (χ4n) is 5.09. The van der Waals surface area contributed by atoms with Gasteiger partial charge in [0, 0.05) is 26.2 Å². The van der Waals surface area contributed by atoms with E-state index in [1.807, 2.05) is 13.8 Å². The van der Waals surface area contributed by atoms with Crippen molar-refractivity contribution in [1.29, 1.82) is 0 Å². The van der Waals surface area contributed by atoms with E-state index in [0.717, 1.165) is 25.8 Å². The van der Waals surface area contributed by atoms with Crippen LogP contribution in [0.5, 0.6) is 5.75 Å². The SMILES string of the molecule is CCCN1CCN(S(=O)(=O)c2c(Cl)ccc(Nc3c(N[C@H](CC)C4CC[C@@H](C)O4)c(=O)c3=O)c2O)CC1. The first-order chi connectivity index (χ1) is 17.6. The maximum atomic E-state index is 13.4. The van der Waals surface area contributed by atoms with Crippen molar-refractivity contribution >= 4 is 38.7 Å². The van der Waals surface area contributed by atoms with E-state index in [4.69, 9.17) is 16.3 Å². The summed E-state index contributed by atoms with van der Waals surface area (Å²) < 4.78 is 34.1. The number of phenolic OH excluding ortho intramolecular Hbond substituents is 1. The van der Waals surface area contributed by atoms with E-state index in [9.17, 15) is 23.1 Å². The summed E-state index contributed by atoms with van der Waals surface area (Å²) in [6.07, 6.45) is 3.46. The number of aromatic hydroxyl groups is 1. The number of piperazine rings is 1. The van der Waals surface area contributed by atoms with E-state index in [-0.39, 0.29) is 53.4 Å².